The number of alkyl halides is 2. The van der Waals surface area contributed by atoms with E-state index in [-0.39, 0.29) is 29.4 Å². The standard InChI is InChI=1S/C11H15F3N2O3S/c1-2-20(17,18)4-3-16-9-6-10(19-11(13)14)7(12)5-8(9)15/h5-6,11,16H,2-4,15H2,1H3. The number of ether oxygens (including phenoxy) is 1. The molecular formula is C11H15F3N2O3S. The Labute approximate surface area is 114 Å². The fourth-order valence-electron chi connectivity index (χ4n) is 1.39. The van der Waals surface area contributed by atoms with Crippen LogP contribution in [0.5, 0.6) is 5.75 Å². The second kappa shape index (κ2) is 6.69. The van der Waals surface area contributed by atoms with Gasteiger partial charge in [-0.2, -0.15) is 8.78 Å². The molecule has 1 aromatic rings. The molecule has 0 aliphatic carbocycles. The molecule has 20 heavy (non-hydrogen) atoms. The lowest BCUT2D eigenvalue weighted by Crippen LogP contribution is -2.18. The number of nitrogens with two attached hydrogens (primary N) is 1. The van der Waals surface area contributed by atoms with Gasteiger partial charge in [0.2, 0.25) is 0 Å². The fourth-order valence-corrected chi connectivity index (χ4v) is 2.10. The molecule has 0 radical (unpaired) electrons. The Morgan fingerprint density at radius 2 is 2.05 bits per heavy atom. The van der Waals surface area contributed by atoms with E-state index >= 15 is 0 Å². The number of sulfone groups is 1. The summed E-state index contributed by atoms with van der Waals surface area (Å²) < 4.78 is 64.0. The number of hydrogen-bond donors (Lipinski definition) is 2. The maximum Gasteiger partial charge on any atom is 0.387 e. The number of anilines is 2. The minimum absolute atomic E-state index is 0.00662. The van der Waals surface area contributed by atoms with Gasteiger partial charge in [-0.1, -0.05) is 6.92 Å². The third-order valence-electron chi connectivity index (χ3n) is 2.49. The second-order valence-corrected chi connectivity index (χ2v) is 6.38. The Bertz CT molecular complexity index is 564. The van der Waals surface area contributed by atoms with Crippen molar-refractivity contribution < 1.29 is 26.3 Å². The average molecular weight is 312 g/mol. The molecular weight excluding hydrogens is 297 g/mol. The first kappa shape index (κ1) is 16.4. The summed E-state index contributed by atoms with van der Waals surface area (Å²) in [5.74, 6) is -1.83. The van der Waals surface area contributed by atoms with Crippen LogP contribution in [0.25, 0.3) is 0 Å². The van der Waals surface area contributed by atoms with Gasteiger partial charge in [-0.15, -0.1) is 0 Å². The molecule has 1 rings (SSSR count). The van der Waals surface area contributed by atoms with Crippen molar-refractivity contribution in [1.82, 2.24) is 0 Å². The van der Waals surface area contributed by atoms with Crippen LogP contribution in [0, 0.1) is 5.82 Å². The monoisotopic (exact) mass is 312 g/mol. The molecule has 3 N–H and O–H groups in total. The van der Waals surface area contributed by atoms with Crippen molar-refractivity contribution in [3.8, 4) is 5.75 Å². The van der Waals surface area contributed by atoms with E-state index in [0.29, 0.717) is 0 Å². The van der Waals surface area contributed by atoms with Crippen molar-refractivity contribution in [3.05, 3.63) is 17.9 Å². The van der Waals surface area contributed by atoms with Gasteiger partial charge in [-0.05, 0) is 0 Å². The van der Waals surface area contributed by atoms with E-state index in [1.807, 2.05) is 0 Å². The smallest absolute Gasteiger partial charge is 0.387 e. The molecule has 9 heteroatoms. The molecule has 0 aromatic heterocycles. The van der Waals surface area contributed by atoms with Crippen LogP contribution in [0.15, 0.2) is 12.1 Å². The van der Waals surface area contributed by atoms with Gasteiger partial charge in [0.1, 0.15) is 0 Å². The van der Waals surface area contributed by atoms with Crippen molar-refractivity contribution in [2.75, 3.05) is 29.1 Å². The summed E-state index contributed by atoms with van der Waals surface area (Å²) in [5, 5.41) is 2.65. The maximum absolute atomic E-state index is 13.3. The summed E-state index contributed by atoms with van der Waals surface area (Å²) in [6.07, 6.45) is 0. The lowest BCUT2D eigenvalue weighted by Gasteiger charge is -2.12. The first-order chi connectivity index (χ1) is 9.25. The molecule has 0 saturated heterocycles. The number of halogens is 3. The van der Waals surface area contributed by atoms with Gasteiger partial charge in [-0.25, -0.2) is 12.8 Å². The van der Waals surface area contributed by atoms with Crippen molar-refractivity contribution in [1.29, 1.82) is 0 Å². The van der Waals surface area contributed by atoms with Gasteiger partial charge < -0.3 is 15.8 Å². The van der Waals surface area contributed by atoms with Crippen molar-refractivity contribution in [2.45, 2.75) is 13.5 Å². The van der Waals surface area contributed by atoms with E-state index in [2.05, 4.69) is 10.1 Å². The zero-order valence-corrected chi connectivity index (χ0v) is 11.5. The first-order valence-electron chi connectivity index (χ1n) is 5.73. The Kier molecular flexibility index (Phi) is 5.49. The summed E-state index contributed by atoms with van der Waals surface area (Å²) >= 11 is 0. The molecule has 0 aliphatic rings. The highest BCUT2D eigenvalue weighted by Gasteiger charge is 2.14. The molecule has 114 valence electrons. The quantitative estimate of drug-likeness (QED) is 0.751. The molecule has 0 bridgehead atoms. The summed E-state index contributed by atoms with van der Waals surface area (Å²) in [6, 6.07) is 1.80. The molecule has 0 saturated carbocycles. The minimum atomic E-state index is -3.17. The van der Waals surface area contributed by atoms with Gasteiger partial charge >= 0.3 is 6.61 Å². The maximum atomic E-state index is 13.3. The number of nitrogens with one attached hydrogen (secondary N) is 1. The first-order valence-corrected chi connectivity index (χ1v) is 7.55. The highest BCUT2D eigenvalue weighted by atomic mass is 32.2. The Morgan fingerprint density at radius 3 is 2.60 bits per heavy atom. The number of benzene rings is 1. The summed E-state index contributed by atoms with van der Waals surface area (Å²) in [4.78, 5) is 0. The summed E-state index contributed by atoms with van der Waals surface area (Å²) in [5.41, 5.74) is 5.61. The number of rotatable bonds is 7. The highest BCUT2D eigenvalue weighted by molar-refractivity contribution is 7.91. The molecule has 0 fully saturated rings. The third kappa shape index (κ3) is 4.80. The van der Waals surface area contributed by atoms with Crippen LogP contribution in [0.1, 0.15) is 6.92 Å². The largest absolute Gasteiger partial charge is 0.432 e. The third-order valence-corrected chi connectivity index (χ3v) is 4.19. The van der Waals surface area contributed by atoms with Gasteiger partial charge in [0, 0.05) is 24.4 Å². The normalized spacial score (nSPS) is 11.7. The van der Waals surface area contributed by atoms with Crippen LogP contribution in [0.4, 0.5) is 24.5 Å². The Balaban J connectivity index is 2.79. The van der Waals surface area contributed by atoms with Crippen LogP contribution in [0.2, 0.25) is 0 Å². The molecule has 5 nitrogen and oxygen atoms in total. The van der Waals surface area contributed by atoms with Crippen LogP contribution in [-0.4, -0.2) is 33.1 Å². The topological polar surface area (TPSA) is 81.4 Å². The Hall–Kier alpha value is -1.64. The van der Waals surface area contributed by atoms with E-state index in [4.69, 9.17) is 5.73 Å². The Morgan fingerprint density at radius 1 is 1.40 bits per heavy atom. The molecule has 0 aliphatic heterocycles. The number of hydrogen-bond acceptors (Lipinski definition) is 5. The predicted octanol–water partition coefficient (Wildman–Crippen LogP) is 1.86. The van der Waals surface area contributed by atoms with Crippen molar-refractivity contribution in [3.63, 3.8) is 0 Å². The second-order valence-electron chi connectivity index (χ2n) is 3.91. The van der Waals surface area contributed by atoms with Crippen LogP contribution in [-0.2, 0) is 9.84 Å². The molecule has 0 unspecified atom stereocenters. The van der Waals surface area contributed by atoms with Crippen LogP contribution in [0.3, 0.4) is 0 Å². The van der Waals surface area contributed by atoms with Gasteiger partial charge in [0.05, 0.1) is 17.1 Å². The van der Waals surface area contributed by atoms with E-state index in [9.17, 15) is 21.6 Å². The fraction of sp³-hybridized carbons (Fsp3) is 0.455. The lowest BCUT2D eigenvalue weighted by molar-refractivity contribution is -0.0521. The van der Waals surface area contributed by atoms with E-state index in [0.717, 1.165) is 12.1 Å². The van der Waals surface area contributed by atoms with Gasteiger partial charge in [-0.3, -0.25) is 0 Å². The molecule has 0 amide bonds. The zero-order chi connectivity index (χ0) is 15.3. The van der Waals surface area contributed by atoms with Gasteiger partial charge in [0.15, 0.2) is 21.4 Å². The zero-order valence-electron chi connectivity index (χ0n) is 10.7. The molecule has 0 spiro atoms. The predicted molar refractivity (Wildman–Crippen MR) is 70.3 cm³/mol. The number of nitrogen functional groups attached to an aromatic ring is 1. The van der Waals surface area contributed by atoms with E-state index in [1.54, 1.807) is 0 Å². The van der Waals surface area contributed by atoms with Crippen molar-refractivity contribution in [2.24, 2.45) is 0 Å². The van der Waals surface area contributed by atoms with Gasteiger partial charge in [0.25, 0.3) is 0 Å². The molecule has 0 heterocycles. The summed E-state index contributed by atoms with van der Waals surface area (Å²) in [6.45, 7) is -1.63. The van der Waals surface area contributed by atoms with Crippen LogP contribution >= 0.6 is 0 Å². The van der Waals surface area contributed by atoms with E-state index in [1.165, 1.54) is 6.92 Å². The SMILES string of the molecule is CCS(=O)(=O)CCNc1cc(OC(F)F)c(F)cc1N. The lowest BCUT2D eigenvalue weighted by atomic mass is 10.2. The minimum Gasteiger partial charge on any atom is -0.432 e. The molecule has 0 atom stereocenters. The van der Waals surface area contributed by atoms with Crippen molar-refractivity contribution >= 4 is 21.2 Å². The van der Waals surface area contributed by atoms with Crippen LogP contribution < -0.4 is 15.8 Å². The summed E-state index contributed by atoms with van der Waals surface area (Å²) in [7, 11) is -3.17. The highest BCUT2D eigenvalue weighted by Crippen LogP contribution is 2.29. The van der Waals surface area contributed by atoms with E-state index < -0.39 is 28.0 Å². The average Bonchev–Trinajstić information content (AvgIpc) is 2.34. The molecule has 1 aromatic carbocycles.